The Kier molecular flexibility index (Phi) is 6.67. The second-order valence-electron chi connectivity index (χ2n) is 8.85. The predicted octanol–water partition coefficient (Wildman–Crippen LogP) is 1.82. The van der Waals surface area contributed by atoms with Crippen molar-refractivity contribution in [2.24, 2.45) is 0 Å². The fourth-order valence-corrected chi connectivity index (χ4v) is 4.51. The Morgan fingerprint density at radius 3 is 2.49 bits per heavy atom. The fourth-order valence-electron chi connectivity index (χ4n) is 4.51. The first kappa shape index (κ1) is 24.9. The smallest absolute Gasteiger partial charge is 0.374 e. The third-order valence-corrected chi connectivity index (χ3v) is 6.45. The van der Waals surface area contributed by atoms with E-state index in [4.69, 9.17) is 4.74 Å². The first-order valence-corrected chi connectivity index (χ1v) is 11.7. The minimum atomic E-state index is -4.50. The Balaban J connectivity index is 1.19. The molecule has 0 radical (unpaired) electrons. The molecule has 4 heterocycles. The van der Waals surface area contributed by atoms with Crippen molar-refractivity contribution in [3.05, 3.63) is 52.3 Å². The molecule has 10 nitrogen and oxygen atoms in total. The van der Waals surface area contributed by atoms with E-state index < -0.39 is 29.2 Å². The van der Waals surface area contributed by atoms with Crippen LogP contribution in [0.3, 0.4) is 0 Å². The number of halogens is 4. The van der Waals surface area contributed by atoms with Crippen LogP contribution in [0.15, 0.2) is 35.4 Å². The first-order valence-electron chi connectivity index (χ1n) is 11.7. The molecule has 14 heteroatoms. The van der Waals surface area contributed by atoms with Gasteiger partial charge < -0.3 is 19.4 Å². The number of benzene rings is 1. The van der Waals surface area contributed by atoms with E-state index >= 15 is 0 Å². The van der Waals surface area contributed by atoms with Gasteiger partial charge in [-0.15, -0.1) is 0 Å². The van der Waals surface area contributed by atoms with Gasteiger partial charge in [-0.25, -0.2) is 19.5 Å². The summed E-state index contributed by atoms with van der Waals surface area (Å²) in [5, 5.41) is 7.27. The van der Waals surface area contributed by atoms with Crippen molar-refractivity contribution in [1.82, 2.24) is 25.1 Å². The number of anilines is 2. The number of ether oxygens (including phenoxy) is 1. The molecule has 5 rings (SSSR count). The highest BCUT2D eigenvalue weighted by molar-refractivity contribution is 5.91. The number of fused-ring (bicyclic) bond motifs is 1. The number of H-pyrrole nitrogens is 1. The molecule has 1 atom stereocenters. The lowest BCUT2D eigenvalue weighted by molar-refractivity contribution is -0.138. The summed E-state index contributed by atoms with van der Waals surface area (Å²) in [4.78, 5) is 37.9. The summed E-state index contributed by atoms with van der Waals surface area (Å²) in [6, 6.07) is 3.89. The van der Waals surface area contributed by atoms with Crippen LogP contribution in [-0.2, 0) is 15.7 Å². The molecule has 37 heavy (non-hydrogen) atoms. The number of aromatic nitrogens is 4. The maximum atomic E-state index is 13.9. The second kappa shape index (κ2) is 9.92. The zero-order chi connectivity index (χ0) is 26.2. The van der Waals surface area contributed by atoms with Gasteiger partial charge >= 0.3 is 6.18 Å². The topological polar surface area (TPSA) is 108 Å². The van der Waals surface area contributed by atoms with Crippen LogP contribution >= 0.6 is 0 Å². The van der Waals surface area contributed by atoms with Gasteiger partial charge in [-0.1, -0.05) is 0 Å². The lowest BCUT2D eigenvalue weighted by Crippen LogP contribution is -2.51. The SMILES string of the molecule is O=C(C[C@H]1CN(c2n[nH]c(=O)c3ccc(F)cc23)CCO1)N1CCN(c2ncc(C(F)(F)F)cn2)CC1. The molecule has 0 unspecified atom stereocenters. The fraction of sp³-hybridized carbons (Fsp3) is 0.435. The van der Waals surface area contributed by atoms with Gasteiger partial charge in [-0.2, -0.15) is 18.3 Å². The van der Waals surface area contributed by atoms with Crippen LogP contribution in [0.1, 0.15) is 12.0 Å². The van der Waals surface area contributed by atoms with Crippen LogP contribution in [0.2, 0.25) is 0 Å². The van der Waals surface area contributed by atoms with Gasteiger partial charge in [0, 0.05) is 57.0 Å². The molecule has 1 aromatic carbocycles. The van der Waals surface area contributed by atoms with Crippen LogP contribution in [0, 0.1) is 5.82 Å². The molecule has 0 saturated carbocycles. The number of nitrogens with one attached hydrogen (secondary N) is 1. The van der Waals surface area contributed by atoms with E-state index in [1.54, 1.807) is 9.80 Å². The third kappa shape index (κ3) is 5.33. The third-order valence-electron chi connectivity index (χ3n) is 6.45. The number of aromatic amines is 1. The maximum absolute atomic E-state index is 13.9. The van der Waals surface area contributed by atoms with Crippen LogP contribution < -0.4 is 15.4 Å². The first-order chi connectivity index (χ1) is 17.7. The minimum absolute atomic E-state index is 0.114. The number of carbonyl (C=O) groups is 1. The van der Waals surface area contributed by atoms with E-state index in [0.29, 0.717) is 62.5 Å². The number of piperazine rings is 1. The largest absolute Gasteiger partial charge is 0.419 e. The molecule has 2 aliphatic rings. The summed E-state index contributed by atoms with van der Waals surface area (Å²) in [6.45, 7) is 2.61. The second-order valence-corrected chi connectivity index (χ2v) is 8.85. The van der Waals surface area contributed by atoms with Crippen molar-refractivity contribution in [1.29, 1.82) is 0 Å². The van der Waals surface area contributed by atoms with E-state index in [9.17, 15) is 27.2 Å². The van der Waals surface area contributed by atoms with Crippen molar-refractivity contribution < 1.29 is 27.1 Å². The monoisotopic (exact) mass is 521 g/mol. The van der Waals surface area contributed by atoms with E-state index in [1.165, 1.54) is 18.2 Å². The van der Waals surface area contributed by atoms with E-state index in [0.717, 1.165) is 12.4 Å². The molecule has 1 N–H and O–H groups in total. The van der Waals surface area contributed by atoms with E-state index in [2.05, 4.69) is 20.2 Å². The highest BCUT2D eigenvalue weighted by atomic mass is 19.4. The quantitative estimate of drug-likeness (QED) is 0.519. The van der Waals surface area contributed by atoms with Crippen LogP contribution in [0.5, 0.6) is 0 Å². The Bertz CT molecular complexity index is 1340. The summed E-state index contributed by atoms with van der Waals surface area (Å²) in [5.74, 6) is -0.00410. The normalized spacial score (nSPS) is 18.9. The molecule has 2 aromatic heterocycles. The van der Waals surface area contributed by atoms with Crippen LogP contribution in [-0.4, -0.2) is 83.0 Å². The minimum Gasteiger partial charge on any atom is -0.374 e. The Labute approximate surface area is 207 Å². The van der Waals surface area contributed by atoms with Crippen molar-refractivity contribution in [2.75, 3.05) is 55.7 Å². The van der Waals surface area contributed by atoms with Gasteiger partial charge in [-0.3, -0.25) is 9.59 Å². The van der Waals surface area contributed by atoms with Gasteiger partial charge in [0.05, 0.1) is 30.1 Å². The van der Waals surface area contributed by atoms with Gasteiger partial charge in [0.1, 0.15) is 5.82 Å². The number of nitrogens with zero attached hydrogens (tertiary/aromatic N) is 6. The number of amides is 1. The van der Waals surface area contributed by atoms with Gasteiger partial charge in [0.2, 0.25) is 11.9 Å². The van der Waals surface area contributed by atoms with Crippen molar-refractivity contribution in [2.45, 2.75) is 18.7 Å². The van der Waals surface area contributed by atoms with Crippen molar-refractivity contribution >= 4 is 28.4 Å². The molecule has 1 amide bonds. The molecule has 0 aliphatic carbocycles. The number of hydrogen-bond acceptors (Lipinski definition) is 8. The highest BCUT2D eigenvalue weighted by Crippen LogP contribution is 2.29. The average Bonchev–Trinajstić information content (AvgIpc) is 2.88. The standard InChI is InChI=1S/C23H23F4N7O3/c24-15-1-2-17-18(9-15)20(30-31-21(17)36)34-7-8-37-16(13-34)10-19(35)32-3-5-33(6-4-32)22-28-11-14(12-29-22)23(25,26)27/h1-2,9,11-12,16H,3-8,10,13H2,(H,31,36)/t16-/m0/s1. The van der Waals surface area contributed by atoms with E-state index in [-0.39, 0.29) is 18.3 Å². The number of carbonyl (C=O) groups excluding carboxylic acids is 1. The lowest BCUT2D eigenvalue weighted by atomic mass is 10.1. The Morgan fingerprint density at radius 2 is 1.78 bits per heavy atom. The maximum Gasteiger partial charge on any atom is 0.419 e. The predicted molar refractivity (Wildman–Crippen MR) is 125 cm³/mol. The summed E-state index contributed by atoms with van der Waals surface area (Å²) in [5.41, 5.74) is -1.33. The molecule has 196 valence electrons. The Morgan fingerprint density at radius 1 is 1.05 bits per heavy atom. The lowest BCUT2D eigenvalue weighted by Gasteiger charge is -2.37. The molecule has 2 aliphatic heterocycles. The summed E-state index contributed by atoms with van der Waals surface area (Å²) in [6.07, 6.45) is -3.32. The number of alkyl halides is 3. The molecule has 2 fully saturated rings. The number of morpholine rings is 1. The van der Waals surface area contributed by atoms with Gasteiger partial charge in [0.25, 0.3) is 5.56 Å². The summed E-state index contributed by atoms with van der Waals surface area (Å²) < 4.78 is 57.9. The van der Waals surface area contributed by atoms with Crippen LogP contribution in [0.4, 0.5) is 29.3 Å². The van der Waals surface area contributed by atoms with Crippen LogP contribution in [0.25, 0.3) is 10.8 Å². The Hall–Kier alpha value is -3.81. The van der Waals surface area contributed by atoms with Crippen molar-refractivity contribution in [3.63, 3.8) is 0 Å². The molecule has 3 aromatic rings. The van der Waals surface area contributed by atoms with Gasteiger partial charge in [0.15, 0.2) is 5.82 Å². The zero-order valence-corrected chi connectivity index (χ0v) is 19.5. The molecular weight excluding hydrogens is 498 g/mol. The van der Waals surface area contributed by atoms with E-state index in [1.807, 2.05) is 4.90 Å². The number of hydrogen-bond donors (Lipinski definition) is 1. The highest BCUT2D eigenvalue weighted by Gasteiger charge is 2.32. The van der Waals surface area contributed by atoms with Crippen molar-refractivity contribution in [3.8, 4) is 0 Å². The molecule has 0 bridgehead atoms. The average molecular weight is 521 g/mol. The summed E-state index contributed by atoms with van der Waals surface area (Å²) >= 11 is 0. The summed E-state index contributed by atoms with van der Waals surface area (Å²) in [7, 11) is 0. The zero-order valence-electron chi connectivity index (χ0n) is 19.5. The molecule has 2 saturated heterocycles. The molecule has 0 spiro atoms. The molecular formula is C23H23F4N7O3. The van der Waals surface area contributed by atoms with Gasteiger partial charge in [-0.05, 0) is 18.2 Å². The number of rotatable bonds is 4.